The summed E-state index contributed by atoms with van der Waals surface area (Å²) in [6.07, 6.45) is 6.35. The normalized spacial score (nSPS) is 11.7. The third kappa shape index (κ3) is 6.17. The Morgan fingerprint density at radius 3 is 2.78 bits per heavy atom. The average molecular weight is 252 g/mol. The summed E-state index contributed by atoms with van der Waals surface area (Å²) in [5.74, 6) is 1.88. The van der Waals surface area contributed by atoms with Crippen LogP contribution in [0.4, 0.5) is 0 Å². The Kier molecular flexibility index (Phi) is 6.98. The Hall–Kier alpha value is -0.870. The van der Waals surface area contributed by atoms with Crippen molar-refractivity contribution in [2.45, 2.75) is 33.2 Å². The number of rotatable bonds is 9. The van der Waals surface area contributed by atoms with E-state index in [9.17, 15) is 0 Å². The van der Waals surface area contributed by atoms with E-state index in [2.05, 4.69) is 40.7 Å². The third-order valence-corrected chi connectivity index (χ3v) is 3.03. The van der Waals surface area contributed by atoms with Gasteiger partial charge in [0, 0.05) is 19.4 Å². The first kappa shape index (κ1) is 15.2. The third-order valence-electron chi connectivity index (χ3n) is 3.03. The maximum atomic E-state index is 4.34. The maximum absolute atomic E-state index is 4.34. The minimum Gasteiger partial charge on any atom is -0.337 e. The molecule has 4 heteroatoms. The zero-order valence-corrected chi connectivity index (χ0v) is 12.3. The Morgan fingerprint density at radius 1 is 1.39 bits per heavy atom. The van der Waals surface area contributed by atoms with Gasteiger partial charge in [-0.15, -0.1) is 0 Å². The Labute approximate surface area is 111 Å². The molecule has 0 saturated carbocycles. The van der Waals surface area contributed by atoms with Crippen LogP contribution in [0.2, 0.25) is 0 Å². The van der Waals surface area contributed by atoms with E-state index >= 15 is 0 Å². The molecule has 104 valence electrons. The van der Waals surface area contributed by atoms with Gasteiger partial charge in [-0.2, -0.15) is 0 Å². The lowest BCUT2D eigenvalue weighted by molar-refractivity contribution is 0.306. The predicted molar refractivity (Wildman–Crippen MR) is 76.5 cm³/mol. The van der Waals surface area contributed by atoms with Crippen molar-refractivity contribution in [3.63, 3.8) is 0 Å². The number of hydrogen-bond acceptors (Lipinski definition) is 3. The molecule has 0 bridgehead atoms. The lowest BCUT2D eigenvalue weighted by Gasteiger charge is -2.16. The molecule has 0 atom stereocenters. The van der Waals surface area contributed by atoms with E-state index < -0.39 is 0 Å². The number of nitrogens with one attached hydrogen (secondary N) is 1. The Balaban J connectivity index is 2.04. The second-order valence-corrected chi connectivity index (χ2v) is 5.50. The van der Waals surface area contributed by atoms with Crippen LogP contribution in [-0.2, 0) is 13.6 Å². The molecule has 0 fully saturated rings. The molecule has 1 heterocycles. The Bertz CT molecular complexity index is 319. The van der Waals surface area contributed by atoms with E-state index in [0.29, 0.717) is 0 Å². The zero-order valence-electron chi connectivity index (χ0n) is 12.3. The molecule has 0 radical (unpaired) electrons. The summed E-state index contributed by atoms with van der Waals surface area (Å²) in [4.78, 5) is 6.68. The first-order valence-corrected chi connectivity index (χ1v) is 6.95. The van der Waals surface area contributed by atoms with E-state index in [4.69, 9.17) is 0 Å². The van der Waals surface area contributed by atoms with Crippen LogP contribution >= 0.6 is 0 Å². The van der Waals surface area contributed by atoms with Crippen LogP contribution in [0.5, 0.6) is 0 Å². The summed E-state index contributed by atoms with van der Waals surface area (Å²) in [5.41, 5.74) is 0. The lowest BCUT2D eigenvalue weighted by Crippen LogP contribution is -2.24. The second kappa shape index (κ2) is 8.27. The van der Waals surface area contributed by atoms with Gasteiger partial charge in [0.2, 0.25) is 0 Å². The fourth-order valence-corrected chi connectivity index (χ4v) is 1.89. The topological polar surface area (TPSA) is 33.1 Å². The number of nitrogens with zero attached hydrogens (tertiary/aromatic N) is 3. The van der Waals surface area contributed by atoms with Gasteiger partial charge in [0.15, 0.2) is 0 Å². The predicted octanol–water partition coefficient (Wildman–Crippen LogP) is 1.88. The van der Waals surface area contributed by atoms with Crippen LogP contribution in [0.1, 0.15) is 32.5 Å². The van der Waals surface area contributed by atoms with Crippen molar-refractivity contribution in [2.24, 2.45) is 13.0 Å². The van der Waals surface area contributed by atoms with E-state index in [1.54, 1.807) is 0 Å². The van der Waals surface area contributed by atoms with Crippen LogP contribution in [0.15, 0.2) is 12.4 Å². The van der Waals surface area contributed by atoms with E-state index in [0.717, 1.165) is 37.9 Å². The molecule has 0 aliphatic rings. The first-order valence-electron chi connectivity index (χ1n) is 6.95. The number of hydrogen-bond donors (Lipinski definition) is 1. The largest absolute Gasteiger partial charge is 0.337 e. The molecule has 0 aliphatic heterocycles. The molecule has 1 rings (SSSR count). The summed E-state index contributed by atoms with van der Waals surface area (Å²) >= 11 is 0. The highest BCUT2D eigenvalue weighted by Gasteiger charge is 2.03. The lowest BCUT2D eigenvalue weighted by atomic mass is 10.2. The molecule has 4 nitrogen and oxygen atoms in total. The molecule has 1 aromatic rings. The first-order chi connectivity index (χ1) is 8.59. The number of aryl methyl sites for hydroxylation is 1. The van der Waals surface area contributed by atoms with E-state index in [1.165, 1.54) is 12.8 Å². The monoisotopic (exact) mass is 252 g/mol. The summed E-state index contributed by atoms with van der Waals surface area (Å²) in [6, 6.07) is 0. The fraction of sp³-hybridized carbons (Fsp3) is 0.786. The van der Waals surface area contributed by atoms with Gasteiger partial charge in [-0.05, 0) is 45.4 Å². The highest BCUT2D eigenvalue weighted by Crippen LogP contribution is 2.01. The van der Waals surface area contributed by atoms with Gasteiger partial charge < -0.3 is 9.88 Å². The van der Waals surface area contributed by atoms with Crippen molar-refractivity contribution in [2.75, 3.05) is 26.7 Å². The summed E-state index contributed by atoms with van der Waals surface area (Å²) < 4.78 is 2.08. The van der Waals surface area contributed by atoms with Gasteiger partial charge in [-0.1, -0.05) is 13.8 Å². The van der Waals surface area contributed by atoms with Crippen molar-refractivity contribution in [3.05, 3.63) is 18.2 Å². The van der Waals surface area contributed by atoms with E-state index in [-0.39, 0.29) is 0 Å². The summed E-state index contributed by atoms with van der Waals surface area (Å²) in [7, 11) is 4.21. The second-order valence-electron chi connectivity index (χ2n) is 5.50. The van der Waals surface area contributed by atoms with Gasteiger partial charge in [0.25, 0.3) is 0 Å². The quantitative estimate of drug-likeness (QED) is 0.681. The minimum atomic E-state index is 0.746. The molecule has 1 aromatic heterocycles. The maximum Gasteiger partial charge on any atom is 0.122 e. The molecule has 0 amide bonds. The van der Waals surface area contributed by atoms with Crippen LogP contribution < -0.4 is 5.32 Å². The molecule has 0 aliphatic carbocycles. The van der Waals surface area contributed by atoms with Crippen molar-refractivity contribution in [1.29, 1.82) is 0 Å². The fourth-order valence-electron chi connectivity index (χ4n) is 1.89. The van der Waals surface area contributed by atoms with Gasteiger partial charge in [-0.25, -0.2) is 4.98 Å². The number of unbranched alkanes of at least 4 members (excludes halogenated alkanes) is 1. The van der Waals surface area contributed by atoms with Gasteiger partial charge in [0.1, 0.15) is 5.82 Å². The highest BCUT2D eigenvalue weighted by molar-refractivity contribution is 4.90. The highest BCUT2D eigenvalue weighted by atomic mass is 15.1. The molecular formula is C14H28N4. The molecule has 0 aromatic carbocycles. The molecule has 0 unspecified atom stereocenters. The average Bonchev–Trinajstić information content (AvgIpc) is 2.69. The molecule has 0 saturated heterocycles. The van der Waals surface area contributed by atoms with Crippen LogP contribution in [-0.4, -0.2) is 41.1 Å². The van der Waals surface area contributed by atoms with Crippen molar-refractivity contribution >= 4 is 0 Å². The van der Waals surface area contributed by atoms with Gasteiger partial charge in [-0.3, -0.25) is 4.90 Å². The standard InChI is InChI=1S/C14H28N4/c1-13(2)11-15-7-5-6-9-17(3)12-14-16-8-10-18(14)4/h8,10,13,15H,5-7,9,11-12H2,1-4H3. The number of aromatic nitrogens is 2. The molecule has 0 spiro atoms. The molecule has 1 N–H and O–H groups in total. The van der Waals surface area contributed by atoms with Gasteiger partial charge >= 0.3 is 0 Å². The summed E-state index contributed by atoms with van der Waals surface area (Å²) in [6.45, 7) is 8.82. The smallest absolute Gasteiger partial charge is 0.122 e. The van der Waals surface area contributed by atoms with Crippen LogP contribution in [0, 0.1) is 5.92 Å². The van der Waals surface area contributed by atoms with Gasteiger partial charge in [0.05, 0.1) is 6.54 Å². The molecular weight excluding hydrogens is 224 g/mol. The summed E-state index contributed by atoms with van der Waals surface area (Å²) in [5, 5.41) is 3.48. The van der Waals surface area contributed by atoms with Crippen molar-refractivity contribution < 1.29 is 0 Å². The van der Waals surface area contributed by atoms with Crippen LogP contribution in [0.25, 0.3) is 0 Å². The SMILES string of the molecule is CC(C)CNCCCCN(C)Cc1nccn1C. The van der Waals surface area contributed by atoms with Crippen molar-refractivity contribution in [3.8, 4) is 0 Å². The molecule has 18 heavy (non-hydrogen) atoms. The number of imidazole rings is 1. The van der Waals surface area contributed by atoms with Crippen molar-refractivity contribution in [1.82, 2.24) is 19.8 Å². The zero-order chi connectivity index (χ0) is 13.4. The minimum absolute atomic E-state index is 0.746. The Morgan fingerprint density at radius 2 is 2.17 bits per heavy atom. The van der Waals surface area contributed by atoms with Crippen LogP contribution in [0.3, 0.4) is 0 Å². The van der Waals surface area contributed by atoms with E-state index in [1.807, 2.05) is 19.4 Å².